The molecule has 0 bridgehead atoms. The number of aryl methyl sites for hydroxylation is 1. The van der Waals surface area contributed by atoms with Crippen LogP contribution in [0.4, 0.5) is 0 Å². The second-order valence-electron chi connectivity index (χ2n) is 5.25. The highest BCUT2D eigenvalue weighted by Crippen LogP contribution is 2.30. The predicted molar refractivity (Wildman–Crippen MR) is 82.1 cm³/mol. The Kier molecular flexibility index (Phi) is 4.46. The van der Waals surface area contributed by atoms with Crippen LogP contribution in [0.5, 0.6) is 5.75 Å². The average molecular weight is 270 g/mol. The van der Waals surface area contributed by atoms with Crippen LogP contribution in [-0.2, 0) is 12.0 Å². The molecular formula is C18H22O2. The third kappa shape index (κ3) is 3.02. The second-order valence-corrected chi connectivity index (χ2v) is 5.25. The SMILES string of the molecule is CCCc1ccc(C(C)(O)c2ccc(OC)cc2)cc1. The van der Waals surface area contributed by atoms with Crippen LogP contribution in [0.15, 0.2) is 48.5 Å². The first-order valence-electron chi connectivity index (χ1n) is 7.04. The normalized spacial score (nSPS) is 13.8. The monoisotopic (exact) mass is 270 g/mol. The molecule has 0 spiro atoms. The molecule has 0 heterocycles. The second kappa shape index (κ2) is 6.10. The van der Waals surface area contributed by atoms with Gasteiger partial charge in [0.25, 0.3) is 0 Å². The summed E-state index contributed by atoms with van der Waals surface area (Å²) in [7, 11) is 1.64. The van der Waals surface area contributed by atoms with Crippen molar-refractivity contribution in [2.45, 2.75) is 32.3 Å². The van der Waals surface area contributed by atoms with E-state index in [2.05, 4.69) is 19.1 Å². The van der Waals surface area contributed by atoms with Gasteiger partial charge in [0.1, 0.15) is 11.4 Å². The molecule has 0 fully saturated rings. The molecular weight excluding hydrogens is 248 g/mol. The largest absolute Gasteiger partial charge is 0.497 e. The topological polar surface area (TPSA) is 29.5 Å². The van der Waals surface area contributed by atoms with E-state index in [4.69, 9.17) is 4.74 Å². The molecule has 0 aliphatic heterocycles. The van der Waals surface area contributed by atoms with Gasteiger partial charge in [-0.05, 0) is 42.2 Å². The maximum absolute atomic E-state index is 10.8. The van der Waals surface area contributed by atoms with E-state index in [-0.39, 0.29) is 0 Å². The molecule has 1 atom stereocenters. The van der Waals surface area contributed by atoms with Crippen molar-refractivity contribution in [1.29, 1.82) is 0 Å². The Hall–Kier alpha value is -1.80. The van der Waals surface area contributed by atoms with Gasteiger partial charge in [0, 0.05) is 0 Å². The summed E-state index contributed by atoms with van der Waals surface area (Å²) in [6.07, 6.45) is 2.21. The van der Waals surface area contributed by atoms with Gasteiger partial charge in [-0.25, -0.2) is 0 Å². The number of hydrogen-bond acceptors (Lipinski definition) is 2. The lowest BCUT2D eigenvalue weighted by atomic mass is 9.87. The standard InChI is InChI=1S/C18H22O2/c1-4-5-14-6-8-15(9-7-14)18(2,19)16-10-12-17(20-3)13-11-16/h6-13,19H,4-5H2,1-3H3. The molecule has 0 aliphatic carbocycles. The Morgan fingerprint density at radius 2 is 1.45 bits per heavy atom. The highest BCUT2D eigenvalue weighted by atomic mass is 16.5. The molecule has 0 radical (unpaired) electrons. The van der Waals surface area contributed by atoms with Gasteiger partial charge < -0.3 is 9.84 Å². The van der Waals surface area contributed by atoms with E-state index in [0.29, 0.717) is 0 Å². The van der Waals surface area contributed by atoms with Crippen molar-refractivity contribution in [2.24, 2.45) is 0 Å². The van der Waals surface area contributed by atoms with E-state index in [1.807, 2.05) is 43.3 Å². The molecule has 1 N–H and O–H groups in total. The van der Waals surface area contributed by atoms with E-state index in [1.54, 1.807) is 7.11 Å². The van der Waals surface area contributed by atoms with Crippen LogP contribution in [-0.4, -0.2) is 12.2 Å². The Morgan fingerprint density at radius 1 is 0.950 bits per heavy atom. The first-order valence-corrected chi connectivity index (χ1v) is 7.04. The first kappa shape index (κ1) is 14.6. The molecule has 2 heteroatoms. The zero-order valence-corrected chi connectivity index (χ0v) is 12.4. The van der Waals surface area contributed by atoms with E-state index >= 15 is 0 Å². The molecule has 0 saturated carbocycles. The van der Waals surface area contributed by atoms with Crippen LogP contribution in [0.2, 0.25) is 0 Å². The zero-order valence-electron chi connectivity index (χ0n) is 12.4. The van der Waals surface area contributed by atoms with Crippen LogP contribution in [0.25, 0.3) is 0 Å². The quantitative estimate of drug-likeness (QED) is 0.892. The number of rotatable bonds is 5. The van der Waals surface area contributed by atoms with E-state index in [9.17, 15) is 5.11 Å². The van der Waals surface area contributed by atoms with Crippen LogP contribution in [0.3, 0.4) is 0 Å². The lowest BCUT2D eigenvalue weighted by Crippen LogP contribution is -2.22. The molecule has 106 valence electrons. The summed E-state index contributed by atoms with van der Waals surface area (Å²) >= 11 is 0. The van der Waals surface area contributed by atoms with E-state index < -0.39 is 5.60 Å². The van der Waals surface area contributed by atoms with Gasteiger partial charge >= 0.3 is 0 Å². The Labute approximate surface area is 121 Å². The number of benzene rings is 2. The number of methoxy groups -OCH3 is 1. The first-order chi connectivity index (χ1) is 9.57. The van der Waals surface area contributed by atoms with Crippen LogP contribution in [0, 0.1) is 0 Å². The average Bonchev–Trinajstić information content (AvgIpc) is 2.48. The fourth-order valence-corrected chi connectivity index (χ4v) is 2.37. The Bertz CT molecular complexity index is 539. The molecule has 0 aliphatic rings. The molecule has 2 aromatic rings. The highest BCUT2D eigenvalue weighted by Gasteiger charge is 2.25. The Morgan fingerprint density at radius 3 is 1.90 bits per heavy atom. The van der Waals surface area contributed by atoms with Crippen molar-refractivity contribution in [3.63, 3.8) is 0 Å². The van der Waals surface area contributed by atoms with Gasteiger partial charge in [-0.15, -0.1) is 0 Å². The fourth-order valence-electron chi connectivity index (χ4n) is 2.37. The van der Waals surface area contributed by atoms with E-state index in [1.165, 1.54) is 5.56 Å². The summed E-state index contributed by atoms with van der Waals surface area (Å²) in [5.74, 6) is 0.794. The van der Waals surface area contributed by atoms with Gasteiger partial charge in [0.2, 0.25) is 0 Å². The number of hydrogen-bond donors (Lipinski definition) is 1. The lowest BCUT2D eigenvalue weighted by molar-refractivity contribution is 0.102. The van der Waals surface area contributed by atoms with Crippen LogP contribution < -0.4 is 4.74 Å². The van der Waals surface area contributed by atoms with Gasteiger partial charge in [-0.1, -0.05) is 49.7 Å². The van der Waals surface area contributed by atoms with Crippen LogP contribution in [0.1, 0.15) is 37.0 Å². The molecule has 0 amide bonds. The third-order valence-electron chi connectivity index (χ3n) is 3.71. The number of ether oxygens (including phenoxy) is 1. The molecule has 2 aromatic carbocycles. The fraction of sp³-hybridized carbons (Fsp3) is 0.333. The minimum absolute atomic E-state index is 0.794. The van der Waals surface area contributed by atoms with Crippen molar-refractivity contribution in [3.05, 3.63) is 65.2 Å². The maximum Gasteiger partial charge on any atom is 0.118 e. The van der Waals surface area contributed by atoms with Gasteiger partial charge in [0.05, 0.1) is 7.11 Å². The molecule has 2 rings (SSSR count). The molecule has 0 saturated heterocycles. The third-order valence-corrected chi connectivity index (χ3v) is 3.71. The lowest BCUT2D eigenvalue weighted by Gasteiger charge is -2.25. The number of aliphatic hydroxyl groups is 1. The summed E-state index contributed by atoms with van der Waals surface area (Å²) in [5.41, 5.74) is 2.09. The maximum atomic E-state index is 10.8. The highest BCUT2D eigenvalue weighted by molar-refractivity contribution is 5.39. The molecule has 0 aromatic heterocycles. The summed E-state index contributed by atoms with van der Waals surface area (Å²) < 4.78 is 5.15. The summed E-state index contributed by atoms with van der Waals surface area (Å²) in [6.45, 7) is 3.99. The van der Waals surface area contributed by atoms with Crippen molar-refractivity contribution in [1.82, 2.24) is 0 Å². The zero-order chi connectivity index (χ0) is 14.6. The van der Waals surface area contributed by atoms with Crippen molar-refractivity contribution < 1.29 is 9.84 Å². The van der Waals surface area contributed by atoms with Crippen molar-refractivity contribution in [3.8, 4) is 5.75 Å². The molecule has 20 heavy (non-hydrogen) atoms. The Balaban J connectivity index is 2.27. The van der Waals surface area contributed by atoms with Gasteiger partial charge in [0.15, 0.2) is 0 Å². The van der Waals surface area contributed by atoms with Crippen molar-refractivity contribution in [2.75, 3.05) is 7.11 Å². The molecule has 1 unspecified atom stereocenters. The smallest absolute Gasteiger partial charge is 0.118 e. The minimum atomic E-state index is -0.989. The summed E-state index contributed by atoms with van der Waals surface area (Å²) in [6, 6.07) is 15.8. The van der Waals surface area contributed by atoms with Crippen molar-refractivity contribution >= 4 is 0 Å². The molecule has 2 nitrogen and oxygen atoms in total. The summed E-state index contributed by atoms with van der Waals surface area (Å²) in [4.78, 5) is 0. The van der Waals surface area contributed by atoms with Gasteiger partial charge in [-0.2, -0.15) is 0 Å². The summed E-state index contributed by atoms with van der Waals surface area (Å²) in [5, 5.41) is 10.8. The van der Waals surface area contributed by atoms with Crippen LogP contribution >= 0.6 is 0 Å². The van der Waals surface area contributed by atoms with E-state index in [0.717, 1.165) is 29.7 Å². The minimum Gasteiger partial charge on any atom is -0.497 e. The van der Waals surface area contributed by atoms with Gasteiger partial charge in [-0.3, -0.25) is 0 Å². The predicted octanol–water partition coefficient (Wildman–Crippen LogP) is 3.90.